The van der Waals surface area contributed by atoms with E-state index in [0.717, 1.165) is 6.92 Å². The molecule has 0 bridgehead atoms. The van der Waals surface area contributed by atoms with Crippen LogP contribution in [0.4, 0.5) is 0 Å². The minimum Gasteiger partial charge on any atom is -0.508 e. The number of carboxylic acids is 1. The van der Waals surface area contributed by atoms with Crippen molar-refractivity contribution >= 4 is 129 Å². The van der Waals surface area contributed by atoms with E-state index < -0.39 is 268 Å². The number of aromatic amines is 1. The van der Waals surface area contributed by atoms with Gasteiger partial charge in [0.2, 0.25) is 112 Å². The third kappa shape index (κ3) is 35.1. The molecule has 1 aromatic heterocycles. The lowest BCUT2D eigenvalue weighted by atomic mass is 10.0. The Morgan fingerprint density at radius 2 is 0.735 bits per heavy atom. The number of amides is 19. The number of para-hydroxylation sites is 1. The van der Waals surface area contributed by atoms with Gasteiger partial charge in [0.05, 0.1) is 19.0 Å². The van der Waals surface area contributed by atoms with Gasteiger partial charge in [0.15, 0.2) is 0 Å². The number of phenolic OH excluding ortho intramolecular Hbond substituents is 1. The van der Waals surface area contributed by atoms with E-state index in [2.05, 4.69) is 68.8 Å². The second-order valence-electron chi connectivity index (χ2n) is 27.5. The molecule has 43 heteroatoms. The molecule has 0 fully saturated rings. The first kappa shape index (κ1) is 95.7. The summed E-state index contributed by atoms with van der Waals surface area (Å²) in [6, 6.07) is 0.656. The molecule has 117 heavy (non-hydrogen) atoms. The molecular weight excluding hydrogens is 1530 g/mol. The van der Waals surface area contributed by atoms with Crippen molar-refractivity contribution in [3.63, 3.8) is 0 Å². The van der Waals surface area contributed by atoms with Crippen LogP contribution in [0, 0.1) is 0 Å². The number of phenols is 1. The second kappa shape index (κ2) is 48.4. The summed E-state index contributed by atoms with van der Waals surface area (Å²) in [4.78, 5) is 268. The van der Waals surface area contributed by atoms with Crippen LogP contribution in [-0.4, -0.2) is 212 Å². The molecule has 0 saturated heterocycles. The van der Waals surface area contributed by atoms with Crippen molar-refractivity contribution in [1.82, 2.24) is 68.8 Å². The largest absolute Gasteiger partial charge is 0.508 e. The average Bonchev–Trinajstić information content (AvgIpc) is 1.70. The number of benzene rings is 3. The van der Waals surface area contributed by atoms with Crippen molar-refractivity contribution in [2.24, 2.45) is 45.9 Å². The highest BCUT2D eigenvalue weighted by Gasteiger charge is 2.37. The SMILES string of the molecule is CCCC[C@H](NC(=O)[C@H](Cc1c[nH]c2ccccc12)NC(=O)CNC(=O)[C@H](Cc1ccc(O)cc1)NC(=O)[C@H](C)NC(=O)[C@@H](CCC(N)=O)NC(=O)[C@@H](CCC(N)=O)NC(=O)[C@@H](CCC(N)=O)NC(=O)[C@@H](CCC(N)=O)NC(=O)[C@@H](CCC(N)=O)NC(=O)[C@H](N)CCC(N)=O)C(=O)N[C@@H](CC(=O)O)C(=O)N[C@@H](Cc1ccccc1)C(N)=O. The van der Waals surface area contributed by atoms with Gasteiger partial charge in [0.1, 0.15) is 72.2 Å². The van der Waals surface area contributed by atoms with Crippen LogP contribution >= 0.6 is 0 Å². The Morgan fingerprint density at radius 3 is 1.18 bits per heavy atom. The van der Waals surface area contributed by atoms with Crippen LogP contribution in [0.25, 0.3) is 10.9 Å². The summed E-state index contributed by atoms with van der Waals surface area (Å²) in [5, 5.41) is 49.2. The molecule has 31 N–H and O–H groups in total. The van der Waals surface area contributed by atoms with Gasteiger partial charge in [0.25, 0.3) is 0 Å². The molecule has 4 aromatic rings. The number of rotatable bonds is 54. The number of carbonyl (C=O) groups is 20. The van der Waals surface area contributed by atoms with Crippen LogP contribution in [-0.2, 0) is 115 Å². The fraction of sp³-hybridized carbons (Fsp3) is 0.459. The summed E-state index contributed by atoms with van der Waals surface area (Å²) in [6.45, 7) is 2.01. The second-order valence-corrected chi connectivity index (χ2v) is 27.5. The minimum atomic E-state index is -1.89. The van der Waals surface area contributed by atoms with Crippen LogP contribution in [0.3, 0.4) is 0 Å². The number of carboxylic acid groups (broad SMARTS) is 1. The summed E-state index contributed by atoms with van der Waals surface area (Å²) >= 11 is 0. The number of aliphatic carboxylic acids is 1. The van der Waals surface area contributed by atoms with E-state index in [-0.39, 0.29) is 44.3 Å². The van der Waals surface area contributed by atoms with E-state index in [4.69, 9.17) is 45.9 Å². The summed E-state index contributed by atoms with van der Waals surface area (Å²) in [7, 11) is 0. The van der Waals surface area contributed by atoms with Crippen molar-refractivity contribution in [2.45, 2.75) is 208 Å². The molecule has 636 valence electrons. The highest BCUT2D eigenvalue weighted by atomic mass is 16.4. The van der Waals surface area contributed by atoms with Crippen LogP contribution in [0.1, 0.15) is 133 Å². The van der Waals surface area contributed by atoms with E-state index in [9.17, 15) is 106 Å². The number of carbonyl (C=O) groups excluding carboxylic acids is 19. The zero-order valence-corrected chi connectivity index (χ0v) is 64.3. The number of hydrogen-bond acceptors (Lipinski definition) is 22. The molecule has 3 aromatic carbocycles. The van der Waals surface area contributed by atoms with Crippen LogP contribution < -0.4 is 110 Å². The van der Waals surface area contributed by atoms with E-state index in [1.807, 2.05) is 0 Å². The van der Waals surface area contributed by atoms with Crippen molar-refractivity contribution in [3.05, 3.63) is 102 Å². The van der Waals surface area contributed by atoms with E-state index in [1.165, 1.54) is 24.3 Å². The number of nitrogens with two attached hydrogens (primary N) is 8. The third-order valence-electron chi connectivity index (χ3n) is 18.0. The Labute approximate surface area is 669 Å². The first-order valence-electron chi connectivity index (χ1n) is 37.2. The molecule has 0 aliphatic rings. The monoisotopic (exact) mass is 1640 g/mol. The summed E-state index contributed by atoms with van der Waals surface area (Å²) in [5.74, 6) is -21.9. The van der Waals surface area contributed by atoms with Gasteiger partial charge in [-0.25, -0.2) is 0 Å². The van der Waals surface area contributed by atoms with Gasteiger partial charge in [0, 0.05) is 74.9 Å². The number of aromatic hydroxyl groups is 1. The van der Waals surface area contributed by atoms with Crippen LogP contribution in [0.15, 0.2) is 85.1 Å². The van der Waals surface area contributed by atoms with E-state index in [1.54, 1.807) is 67.7 Å². The van der Waals surface area contributed by atoms with Gasteiger partial charge in [-0.15, -0.1) is 0 Å². The highest BCUT2D eigenvalue weighted by Crippen LogP contribution is 2.21. The van der Waals surface area contributed by atoms with Crippen molar-refractivity contribution in [3.8, 4) is 5.75 Å². The first-order valence-corrected chi connectivity index (χ1v) is 37.2. The molecule has 4 rings (SSSR count). The lowest BCUT2D eigenvalue weighted by Gasteiger charge is -2.27. The molecule has 0 saturated carbocycles. The maximum atomic E-state index is 14.6. The maximum absolute atomic E-state index is 14.6. The van der Waals surface area contributed by atoms with Gasteiger partial charge >= 0.3 is 5.97 Å². The first-order chi connectivity index (χ1) is 55.2. The number of aromatic nitrogens is 1. The van der Waals surface area contributed by atoms with E-state index >= 15 is 0 Å². The Balaban J connectivity index is 1.59. The van der Waals surface area contributed by atoms with Crippen molar-refractivity contribution < 1.29 is 106 Å². The molecule has 0 unspecified atom stereocenters. The van der Waals surface area contributed by atoms with Crippen molar-refractivity contribution in [1.29, 1.82) is 0 Å². The summed E-state index contributed by atoms with van der Waals surface area (Å²) < 4.78 is 0. The third-order valence-corrected chi connectivity index (χ3v) is 18.0. The van der Waals surface area contributed by atoms with E-state index in [0.29, 0.717) is 40.4 Å². The number of primary amides is 7. The zero-order valence-electron chi connectivity index (χ0n) is 64.3. The zero-order chi connectivity index (χ0) is 87.2. The number of unbranched alkanes of at least 4 members (excludes halogenated alkanes) is 1. The fourth-order valence-electron chi connectivity index (χ4n) is 11.5. The number of H-pyrrole nitrogens is 1. The number of hydrogen-bond donors (Lipinski definition) is 23. The summed E-state index contributed by atoms with van der Waals surface area (Å²) in [6.07, 6.45) is -6.04. The minimum absolute atomic E-state index is 0.0732. The number of fused-ring (bicyclic) bond motifs is 1. The quantitative estimate of drug-likeness (QED) is 0.0195. The lowest BCUT2D eigenvalue weighted by molar-refractivity contribution is -0.141. The lowest BCUT2D eigenvalue weighted by Crippen LogP contribution is -2.60. The number of nitrogens with one attached hydrogen (secondary N) is 13. The van der Waals surface area contributed by atoms with Gasteiger partial charge in [-0.3, -0.25) is 95.9 Å². The Bertz CT molecular complexity index is 4240. The van der Waals surface area contributed by atoms with Gasteiger partial charge in [-0.1, -0.05) is 80.4 Å². The molecule has 0 aliphatic carbocycles. The molecule has 12 atom stereocenters. The molecule has 0 radical (unpaired) electrons. The normalized spacial score (nSPS) is 14.0. The molecular formula is C74H103N21O22. The molecule has 0 aliphatic heterocycles. The Hall–Kier alpha value is -13.6. The molecule has 0 spiro atoms. The summed E-state index contributed by atoms with van der Waals surface area (Å²) in [5.41, 5.74) is 45.6. The molecule has 43 nitrogen and oxygen atoms in total. The topological polar surface area (TPSA) is 750 Å². The van der Waals surface area contributed by atoms with Crippen molar-refractivity contribution in [2.75, 3.05) is 6.54 Å². The maximum Gasteiger partial charge on any atom is 0.305 e. The van der Waals surface area contributed by atoms with Gasteiger partial charge < -0.3 is 125 Å². The average molecular weight is 1640 g/mol. The predicted octanol–water partition coefficient (Wildman–Crippen LogP) is -7.56. The smallest absolute Gasteiger partial charge is 0.305 e. The van der Waals surface area contributed by atoms with Crippen LogP contribution in [0.2, 0.25) is 0 Å². The molecule has 19 amide bonds. The van der Waals surface area contributed by atoms with Gasteiger partial charge in [-0.05, 0) is 86.8 Å². The highest BCUT2D eigenvalue weighted by molar-refractivity contribution is 6.01. The van der Waals surface area contributed by atoms with Gasteiger partial charge in [-0.2, -0.15) is 0 Å². The fourth-order valence-corrected chi connectivity index (χ4v) is 11.5. The predicted molar refractivity (Wildman–Crippen MR) is 413 cm³/mol. The Kier molecular flexibility index (Phi) is 39.6. The standard InChI is InChI=1S/C74H103N21O22/c1-3-4-13-45(68(111)95-54(34-62(104)105)74(117)93-51(63(82)106)31-38-10-6-5-7-11-38)88-73(116)53(33-40-35-83-44-14-9-8-12-42(40)44)86-61(103)36-84-66(109)52(32-39-15-17-41(96)18-16-39)94-64(107)37(2)85-67(110)46(20-26-56(77)98)89-70(113)48(22-28-58(79)100)91-72(115)50(24-30-60(81)102)92-71(114)49(23-29-59(80)101)90-69(112)47(21-27-57(78)99)87-65(108)43(75)19-25-55(76)97/h5-12,14-18,35,37,43,45-54,83,96H,3-4,13,19-34,36,75H2,1-2H3,(H2,76,97)(H2,77,98)(H2,78,99)(H2,79,100)(H2,80,101)(H2,81,102)(H2,82,106)(H,84,109)(H,85,110)(H,86,103)(H,87,108)(H,88,116)(H,89,113)(H,90,112)(H,91,115)(H,92,114)(H,93,117)(H,94,107)(H,95,111)(H,104,105)/t37-,43+,45-,46+,47+,48+,49+,50+,51-,52-,53-,54-/m0/s1. The van der Waals surface area contributed by atoms with Crippen LogP contribution in [0.5, 0.6) is 5.75 Å². The molecule has 1 heterocycles. The Morgan fingerprint density at radius 1 is 0.376 bits per heavy atom.